The number of carbonyl (C=O) groups excluding carboxylic acids is 2. The average Bonchev–Trinajstić information content (AvgIpc) is 3.55. The monoisotopic (exact) mass is 552 g/mol. The van der Waals surface area contributed by atoms with Crippen molar-refractivity contribution in [1.82, 2.24) is 9.78 Å². The first kappa shape index (κ1) is 26.1. The van der Waals surface area contributed by atoms with E-state index < -0.39 is 12.0 Å². The van der Waals surface area contributed by atoms with Crippen molar-refractivity contribution in [3.63, 3.8) is 0 Å². The number of ether oxygens (including phenoxy) is 2. The Labute approximate surface area is 238 Å². The van der Waals surface area contributed by atoms with Crippen molar-refractivity contribution in [3.05, 3.63) is 113 Å². The van der Waals surface area contributed by atoms with Gasteiger partial charge in [0.25, 0.3) is 0 Å². The van der Waals surface area contributed by atoms with Gasteiger partial charge in [-0.3, -0.25) is 9.59 Å². The van der Waals surface area contributed by atoms with Gasteiger partial charge in [0, 0.05) is 46.3 Å². The molecule has 2 atom stereocenters. The molecule has 202 valence electrons. The van der Waals surface area contributed by atoms with E-state index in [9.17, 15) is 9.59 Å². The number of allylic oxidation sites excluding steroid dienone is 1. The summed E-state index contributed by atoms with van der Waals surface area (Å²) in [7, 11) is 1.58. The zero-order valence-electron chi connectivity index (χ0n) is 22.6. The summed E-state index contributed by atoms with van der Waals surface area (Å²) in [6, 6.07) is 24.2. The van der Waals surface area contributed by atoms with Gasteiger partial charge in [-0.2, -0.15) is 5.10 Å². The van der Waals surface area contributed by atoms with Gasteiger partial charge in [-0.25, -0.2) is 4.68 Å². The summed E-state index contributed by atoms with van der Waals surface area (Å²) in [4.78, 5) is 27.8. The fraction of sp³-hybridized carbons (Fsp3) is 0.242. The first-order valence-corrected chi connectivity index (χ1v) is 13.6. The SMILES string of the molecule is COc1ccc(C(=O)[C@H]2OC3=C(C(=O)CC(C)(C)C3)[C@@H]2c2cn(-c3ccccc3)nc2-c2ccc(Cl)cc2)cc1. The molecule has 1 aliphatic carbocycles. The summed E-state index contributed by atoms with van der Waals surface area (Å²) in [5.41, 5.74) is 3.95. The number of carbonyl (C=O) groups is 2. The molecule has 0 radical (unpaired) electrons. The summed E-state index contributed by atoms with van der Waals surface area (Å²) in [6.45, 7) is 4.11. The number of rotatable bonds is 6. The van der Waals surface area contributed by atoms with Crippen LogP contribution in [0.5, 0.6) is 5.75 Å². The molecule has 0 bridgehead atoms. The van der Waals surface area contributed by atoms with Gasteiger partial charge >= 0.3 is 0 Å². The topological polar surface area (TPSA) is 70.4 Å². The van der Waals surface area contributed by atoms with Gasteiger partial charge in [-0.1, -0.05) is 55.8 Å². The lowest BCUT2D eigenvalue weighted by molar-refractivity contribution is -0.118. The van der Waals surface area contributed by atoms with Gasteiger partial charge in [-0.15, -0.1) is 0 Å². The largest absolute Gasteiger partial charge is 0.497 e. The van der Waals surface area contributed by atoms with Crippen LogP contribution in [0.2, 0.25) is 5.02 Å². The summed E-state index contributed by atoms with van der Waals surface area (Å²) in [5.74, 6) is 0.464. The highest BCUT2D eigenvalue weighted by Gasteiger charge is 2.50. The lowest BCUT2D eigenvalue weighted by atomic mass is 9.72. The molecule has 4 aromatic rings. The summed E-state index contributed by atoms with van der Waals surface area (Å²) in [5, 5.41) is 5.57. The van der Waals surface area contributed by atoms with Crippen LogP contribution in [-0.4, -0.2) is 34.6 Å². The molecule has 1 aromatic heterocycles. The average molecular weight is 553 g/mol. The Morgan fingerprint density at radius 2 is 1.70 bits per heavy atom. The van der Waals surface area contributed by atoms with Crippen molar-refractivity contribution in [2.24, 2.45) is 5.41 Å². The lowest BCUT2D eigenvalue weighted by Gasteiger charge is -2.29. The normalized spacial score (nSPS) is 19.8. The minimum Gasteiger partial charge on any atom is -0.497 e. The highest BCUT2D eigenvalue weighted by atomic mass is 35.5. The van der Waals surface area contributed by atoms with E-state index in [1.54, 1.807) is 36.1 Å². The fourth-order valence-corrected chi connectivity index (χ4v) is 5.83. The maximum Gasteiger partial charge on any atom is 0.204 e. The number of hydrogen-bond donors (Lipinski definition) is 0. The van der Waals surface area contributed by atoms with Gasteiger partial charge in [0.2, 0.25) is 5.78 Å². The van der Waals surface area contributed by atoms with E-state index in [2.05, 4.69) is 13.8 Å². The number of para-hydroxylation sites is 1. The molecule has 40 heavy (non-hydrogen) atoms. The van der Waals surface area contributed by atoms with E-state index in [4.69, 9.17) is 26.2 Å². The van der Waals surface area contributed by atoms with E-state index in [1.165, 1.54) is 0 Å². The Hall–Kier alpha value is -4.16. The number of aromatic nitrogens is 2. The Kier molecular flexibility index (Phi) is 6.59. The minimum atomic E-state index is -0.907. The van der Waals surface area contributed by atoms with E-state index in [-0.39, 0.29) is 17.0 Å². The van der Waals surface area contributed by atoms with Crippen molar-refractivity contribution in [3.8, 4) is 22.7 Å². The fourth-order valence-electron chi connectivity index (χ4n) is 5.71. The van der Waals surface area contributed by atoms with Crippen LogP contribution in [0.3, 0.4) is 0 Å². The van der Waals surface area contributed by atoms with E-state index in [0.717, 1.165) is 16.8 Å². The number of methoxy groups -OCH3 is 1. The molecule has 0 spiro atoms. The number of benzene rings is 3. The standard InChI is InChI=1S/C33H29ClN2O4/c1-33(2)17-26(37)29-27(18-33)40-32(31(38)21-11-15-24(39-3)16-12-21)28(29)25-19-36(23-7-5-4-6-8-23)35-30(25)20-9-13-22(34)14-10-20/h4-16,19,28,32H,17-18H2,1-3H3/t28-,32-/m0/s1. The lowest BCUT2D eigenvalue weighted by Crippen LogP contribution is -2.29. The Morgan fingerprint density at radius 3 is 2.38 bits per heavy atom. The molecule has 6 nitrogen and oxygen atoms in total. The molecular weight excluding hydrogens is 524 g/mol. The predicted molar refractivity (Wildman–Crippen MR) is 154 cm³/mol. The van der Waals surface area contributed by atoms with Gasteiger partial charge < -0.3 is 9.47 Å². The van der Waals surface area contributed by atoms with Gasteiger partial charge in [0.1, 0.15) is 11.5 Å². The summed E-state index contributed by atoms with van der Waals surface area (Å²) < 4.78 is 13.5. The first-order chi connectivity index (χ1) is 19.2. The molecule has 0 unspecified atom stereocenters. The van der Waals surface area contributed by atoms with Crippen molar-refractivity contribution < 1.29 is 19.1 Å². The maximum atomic E-state index is 14.1. The molecule has 1 aliphatic heterocycles. The van der Waals surface area contributed by atoms with E-state index >= 15 is 0 Å². The second-order valence-corrected chi connectivity index (χ2v) is 11.5. The predicted octanol–water partition coefficient (Wildman–Crippen LogP) is 7.21. The molecule has 0 fully saturated rings. The Morgan fingerprint density at radius 1 is 1.00 bits per heavy atom. The van der Waals surface area contributed by atoms with Gasteiger partial charge in [-0.05, 0) is 53.9 Å². The van der Waals surface area contributed by atoms with Crippen molar-refractivity contribution in [1.29, 1.82) is 0 Å². The van der Waals surface area contributed by atoms with Crippen molar-refractivity contribution in [2.75, 3.05) is 7.11 Å². The number of ketones is 2. The first-order valence-electron chi connectivity index (χ1n) is 13.3. The van der Waals surface area contributed by atoms with Crippen LogP contribution in [0.1, 0.15) is 48.5 Å². The molecule has 6 rings (SSSR count). The third-order valence-electron chi connectivity index (χ3n) is 7.61. The van der Waals surface area contributed by atoms with Crippen LogP contribution >= 0.6 is 11.6 Å². The van der Waals surface area contributed by atoms with Gasteiger partial charge in [0.05, 0.1) is 24.4 Å². The van der Waals surface area contributed by atoms with Crippen LogP contribution in [0.4, 0.5) is 0 Å². The zero-order chi connectivity index (χ0) is 28.0. The molecule has 0 saturated heterocycles. The van der Waals surface area contributed by atoms with E-state index in [1.807, 2.05) is 60.8 Å². The smallest absolute Gasteiger partial charge is 0.204 e. The van der Waals surface area contributed by atoms with Crippen LogP contribution in [-0.2, 0) is 9.53 Å². The second kappa shape index (κ2) is 10.1. The number of halogens is 1. The molecule has 2 aliphatic rings. The number of Topliss-reactive ketones (excluding diaryl/α,β-unsaturated/α-hetero) is 2. The van der Waals surface area contributed by atoms with Crippen LogP contribution in [0.15, 0.2) is 96.4 Å². The summed E-state index contributed by atoms with van der Waals surface area (Å²) in [6.07, 6.45) is 1.99. The highest BCUT2D eigenvalue weighted by molar-refractivity contribution is 6.30. The van der Waals surface area contributed by atoms with Crippen molar-refractivity contribution in [2.45, 2.75) is 38.7 Å². The quantitative estimate of drug-likeness (QED) is 0.236. The third-order valence-corrected chi connectivity index (χ3v) is 7.86. The number of nitrogens with zero attached hydrogens (tertiary/aromatic N) is 2. The minimum absolute atomic E-state index is 0.01000. The second-order valence-electron chi connectivity index (χ2n) is 11.1. The molecule has 2 heterocycles. The van der Waals surface area contributed by atoms with Crippen molar-refractivity contribution >= 4 is 23.2 Å². The highest BCUT2D eigenvalue weighted by Crippen LogP contribution is 2.51. The number of hydrogen-bond acceptors (Lipinski definition) is 5. The zero-order valence-corrected chi connectivity index (χ0v) is 23.3. The molecule has 3 aromatic carbocycles. The third kappa shape index (κ3) is 4.73. The molecule has 0 saturated carbocycles. The Balaban J connectivity index is 1.53. The maximum absolute atomic E-state index is 14.1. The van der Waals surface area contributed by atoms with Crippen LogP contribution in [0, 0.1) is 5.41 Å². The molecule has 0 amide bonds. The van der Waals surface area contributed by atoms with Crippen LogP contribution < -0.4 is 4.74 Å². The summed E-state index contributed by atoms with van der Waals surface area (Å²) >= 11 is 6.21. The molecule has 7 heteroatoms. The molecular formula is C33H29ClN2O4. The Bertz CT molecular complexity index is 1620. The molecule has 0 N–H and O–H groups in total. The van der Waals surface area contributed by atoms with Crippen LogP contribution in [0.25, 0.3) is 16.9 Å². The van der Waals surface area contributed by atoms with E-state index in [0.29, 0.717) is 46.2 Å². The van der Waals surface area contributed by atoms with Gasteiger partial charge in [0.15, 0.2) is 11.9 Å².